The first-order chi connectivity index (χ1) is 11.2. The topological polar surface area (TPSA) is 68.2 Å². The van der Waals surface area contributed by atoms with Gasteiger partial charge in [-0.1, -0.05) is 40.0 Å². The van der Waals surface area contributed by atoms with E-state index in [1.165, 1.54) is 0 Å². The van der Waals surface area contributed by atoms with Crippen molar-refractivity contribution in [2.45, 2.75) is 96.2 Å². The average molecular weight is 332 g/mol. The summed E-state index contributed by atoms with van der Waals surface area (Å²) in [5, 5.41) is 20.5. The van der Waals surface area contributed by atoms with Crippen LogP contribution < -0.4 is 0 Å². The number of ether oxygens (including phenoxy) is 3. The number of hydrogen-bond acceptors (Lipinski definition) is 5. The summed E-state index contributed by atoms with van der Waals surface area (Å²) >= 11 is 0. The maximum atomic E-state index is 10.3. The van der Waals surface area contributed by atoms with Gasteiger partial charge in [0.2, 0.25) is 0 Å². The highest BCUT2D eigenvalue weighted by molar-refractivity contribution is 4.95. The van der Waals surface area contributed by atoms with Crippen LogP contribution >= 0.6 is 0 Å². The van der Waals surface area contributed by atoms with Gasteiger partial charge in [-0.2, -0.15) is 0 Å². The molecular weight excluding hydrogens is 296 g/mol. The van der Waals surface area contributed by atoms with E-state index >= 15 is 0 Å². The van der Waals surface area contributed by atoms with E-state index in [4.69, 9.17) is 14.2 Å². The average Bonchev–Trinajstić information content (AvgIpc) is 2.54. The van der Waals surface area contributed by atoms with E-state index in [-0.39, 0.29) is 12.2 Å². The molecule has 0 bridgehead atoms. The molecule has 0 radical (unpaired) electrons. The van der Waals surface area contributed by atoms with Crippen molar-refractivity contribution in [3.8, 4) is 0 Å². The van der Waals surface area contributed by atoms with Crippen molar-refractivity contribution in [2.24, 2.45) is 0 Å². The molecule has 1 saturated carbocycles. The molecule has 0 spiro atoms. The largest absolute Gasteiger partial charge is 0.390 e. The molecule has 0 amide bonds. The van der Waals surface area contributed by atoms with Gasteiger partial charge in [0, 0.05) is 26.2 Å². The monoisotopic (exact) mass is 332 g/mol. The predicted octanol–water partition coefficient (Wildman–Crippen LogP) is 2.67. The van der Waals surface area contributed by atoms with Crippen LogP contribution in [0.2, 0.25) is 0 Å². The normalized spacial score (nSPS) is 31.4. The fourth-order valence-electron chi connectivity index (χ4n) is 2.80. The molecule has 1 rings (SSSR count). The summed E-state index contributed by atoms with van der Waals surface area (Å²) in [6, 6.07) is 0. The highest BCUT2D eigenvalue weighted by Gasteiger charge is 2.45. The minimum atomic E-state index is -0.912. The van der Waals surface area contributed by atoms with Crippen molar-refractivity contribution in [3.63, 3.8) is 0 Å². The van der Waals surface area contributed by atoms with Gasteiger partial charge >= 0.3 is 0 Å². The van der Waals surface area contributed by atoms with Gasteiger partial charge in [0.1, 0.15) is 18.3 Å². The fraction of sp³-hybridized carbons (Fsp3) is 1.00. The lowest BCUT2D eigenvalue weighted by Crippen LogP contribution is -2.58. The lowest BCUT2D eigenvalue weighted by molar-refractivity contribution is -0.220. The summed E-state index contributed by atoms with van der Waals surface area (Å²) < 4.78 is 17.8. The molecule has 23 heavy (non-hydrogen) atoms. The third-order valence-electron chi connectivity index (χ3n) is 4.34. The summed E-state index contributed by atoms with van der Waals surface area (Å²) in [5.41, 5.74) is 0. The van der Waals surface area contributed by atoms with Crippen molar-refractivity contribution in [1.29, 1.82) is 0 Å². The Hall–Kier alpha value is -0.200. The number of hydrogen-bond donors (Lipinski definition) is 2. The van der Waals surface area contributed by atoms with Crippen LogP contribution in [-0.2, 0) is 14.2 Å². The second-order valence-corrected chi connectivity index (χ2v) is 6.43. The molecule has 0 aromatic carbocycles. The molecule has 0 saturated heterocycles. The van der Waals surface area contributed by atoms with E-state index < -0.39 is 18.3 Å². The summed E-state index contributed by atoms with van der Waals surface area (Å²) in [7, 11) is 0. The van der Waals surface area contributed by atoms with Crippen LogP contribution in [0.3, 0.4) is 0 Å². The molecular formula is C18H36O5. The van der Waals surface area contributed by atoms with Gasteiger partial charge in [-0.05, 0) is 19.3 Å². The van der Waals surface area contributed by atoms with Crippen LogP contribution in [0.15, 0.2) is 0 Å². The third-order valence-corrected chi connectivity index (χ3v) is 4.34. The maximum absolute atomic E-state index is 10.3. The van der Waals surface area contributed by atoms with Gasteiger partial charge in [-0.25, -0.2) is 0 Å². The van der Waals surface area contributed by atoms with Crippen LogP contribution in [0.1, 0.15) is 65.7 Å². The zero-order chi connectivity index (χ0) is 17.1. The molecule has 0 heterocycles. The quantitative estimate of drug-likeness (QED) is 0.538. The molecule has 1 aliphatic rings. The maximum Gasteiger partial charge on any atom is 0.115 e. The molecule has 2 N–H and O–H groups in total. The Morgan fingerprint density at radius 3 is 1.74 bits per heavy atom. The molecule has 1 fully saturated rings. The van der Waals surface area contributed by atoms with Crippen molar-refractivity contribution in [1.82, 2.24) is 0 Å². The lowest BCUT2D eigenvalue weighted by atomic mass is 9.86. The molecule has 0 aromatic rings. The van der Waals surface area contributed by atoms with E-state index in [0.29, 0.717) is 26.2 Å². The predicted molar refractivity (Wildman–Crippen MR) is 90.6 cm³/mol. The van der Waals surface area contributed by atoms with Gasteiger partial charge in [0.25, 0.3) is 0 Å². The van der Waals surface area contributed by atoms with Gasteiger partial charge in [0.05, 0.1) is 12.2 Å². The Labute approximate surface area is 141 Å². The summed E-state index contributed by atoms with van der Waals surface area (Å²) in [4.78, 5) is 0. The third kappa shape index (κ3) is 7.06. The zero-order valence-electron chi connectivity index (χ0n) is 15.1. The molecule has 0 aromatic heterocycles. The number of aliphatic hydroxyl groups excluding tert-OH is 2. The van der Waals surface area contributed by atoms with Crippen LogP contribution in [0.25, 0.3) is 0 Å². The molecule has 138 valence electrons. The molecule has 3 unspecified atom stereocenters. The summed E-state index contributed by atoms with van der Waals surface area (Å²) in [5.74, 6) is 0. The SMILES string of the molecule is CCCCOC1C(O)[C@H](O)C[C@@H](OCCCC)C1OCCCC. The van der Waals surface area contributed by atoms with E-state index in [1.54, 1.807) is 0 Å². The lowest BCUT2D eigenvalue weighted by Gasteiger charge is -2.42. The van der Waals surface area contributed by atoms with Crippen LogP contribution in [0, 0.1) is 0 Å². The summed E-state index contributed by atoms with van der Waals surface area (Å²) in [6.07, 6.45) is 3.66. The Morgan fingerprint density at radius 1 is 0.739 bits per heavy atom. The molecule has 5 atom stereocenters. The molecule has 0 aliphatic heterocycles. The number of unbranched alkanes of at least 4 members (excludes halogenated alkanes) is 3. The van der Waals surface area contributed by atoms with E-state index in [2.05, 4.69) is 20.8 Å². The van der Waals surface area contributed by atoms with Crippen LogP contribution in [0.5, 0.6) is 0 Å². The minimum absolute atomic E-state index is 0.219. The molecule has 5 nitrogen and oxygen atoms in total. The van der Waals surface area contributed by atoms with Crippen LogP contribution in [0.4, 0.5) is 0 Å². The Morgan fingerprint density at radius 2 is 1.22 bits per heavy atom. The molecule has 1 aliphatic carbocycles. The highest BCUT2D eigenvalue weighted by atomic mass is 16.6. The smallest absolute Gasteiger partial charge is 0.115 e. The fourth-order valence-corrected chi connectivity index (χ4v) is 2.80. The zero-order valence-corrected chi connectivity index (χ0v) is 15.1. The Balaban J connectivity index is 2.70. The van der Waals surface area contributed by atoms with E-state index in [0.717, 1.165) is 38.5 Å². The van der Waals surface area contributed by atoms with Crippen molar-refractivity contribution in [2.75, 3.05) is 19.8 Å². The standard InChI is InChI=1S/C18H36O5/c1-4-7-10-21-15-13-14(19)16(20)18(23-12-9-6-3)17(15)22-11-8-5-2/h14-20H,4-13H2,1-3H3/t14-,15-,16?,17?,18?/m1/s1. The number of aliphatic hydroxyl groups is 2. The first kappa shape index (κ1) is 20.8. The Bertz CT molecular complexity index is 287. The first-order valence-electron chi connectivity index (χ1n) is 9.36. The van der Waals surface area contributed by atoms with E-state index in [1.807, 2.05) is 0 Å². The summed E-state index contributed by atoms with van der Waals surface area (Å²) in [6.45, 7) is 8.19. The van der Waals surface area contributed by atoms with Gasteiger partial charge in [-0.3, -0.25) is 0 Å². The van der Waals surface area contributed by atoms with Crippen molar-refractivity contribution in [3.05, 3.63) is 0 Å². The number of rotatable bonds is 12. The van der Waals surface area contributed by atoms with Crippen molar-refractivity contribution < 1.29 is 24.4 Å². The second-order valence-electron chi connectivity index (χ2n) is 6.43. The highest BCUT2D eigenvalue weighted by Crippen LogP contribution is 2.28. The van der Waals surface area contributed by atoms with Crippen molar-refractivity contribution >= 4 is 0 Å². The van der Waals surface area contributed by atoms with Gasteiger partial charge in [0.15, 0.2) is 0 Å². The van der Waals surface area contributed by atoms with Gasteiger partial charge in [-0.15, -0.1) is 0 Å². The Kier molecular flexibility index (Phi) is 11.1. The molecule has 5 heteroatoms. The van der Waals surface area contributed by atoms with E-state index in [9.17, 15) is 10.2 Å². The second kappa shape index (κ2) is 12.2. The first-order valence-corrected chi connectivity index (χ1v) is 9.36. The minimum Gasteiger partial charge on any atom is -0.390 e. The van der Waals surface area contributed by atoms with Crippen LogP contribution in [-0.4, -0.2) is 60.6 Å². The van der Waals surface area contributed by atoms with Gasteiger partial charge < -0.3 is 24.4 Å².